The number of alkyl halides is 3. The molecule has 0 aliphatic carbocycles. The molecule has 0 radical (unpaired) electrons. The van der Waals surface area contributed by atoms with E-state index in [4.69, 9.17) is 10.6 Å². The van der Waals surface area contributed by atoms with Crippen LogP contribution in [0.3, 0.4) is 0 Å². The van der Waals surface area contributed by atoms with Gasteiger partial charge in [0.15, 0.2) is 11.5 Å². The summed E-state index contributed by atoms with van der Waals surface area (Å²) in [5.74, 6) is 5.48. The van der Waals surface area contributed by atoms with Crippen LogP contribution in [0.5, 0.6) is 5.75 Å². The highest BCUT2D eigenvalue weighted by molar-refractivity contribution is 5.57. The SMILES string of the molecule is COc1c(NN)ncnc1-n1ccc(C(F)(F)F)n1. The summed E-state index contributed by atoms with van der Waals surface area (Å²) in [5.41, 5.74) is 1.22. The molecule has 0 aromatic carbocycles. The molecule has 2 aromatic heterocycles. The first-order chi connectivity index (χ1) is 8.97. The lowest BCUT2D eigenvalue weighted by Crippen LogP contribution is -2.13. The summed E-state index contributed by atoms with van der Waals surface area (Å²) >= 11 is 0. The van der Waals surface area contributed by atoms with Crippen molar-refractivity contribution in [3.8, 4) is 11.6 Å². The molecule has 3 N–H and O–H groups in total. The number of hydrazine groups is 1. The van der Waals surface area contributed by atoms with Crippen LogP contribution in [0.1, 0.15) is 5.69 Å². The molecule has 2 rings (SSSR count). The summed E-state index contributed by atoms with van der Waals surface area (Å²) in [6.07, 6.45) is -2.28. The predicted molar refractivity (Wildman–Crippen MR) is 58.5 cm³/mol. The van der Waals surface area contributed by atoms with Gasteiger partial charge in [-0.05, 0) is 6.07 Å². The van der Waals surface area contributed by atoms with Crippen molar-refractivity contribution in [1.82, 2.24) is 19.7 Å². The minimum atomic E-state index is -4.53. The van der Waals surface area contributed by atoms with Crippen LogP contribution in [0.15, 0.2) is 18.6 Å². The van der Waals surface area contributed by atoms with Gasteiger partial charge in [-0.2, -0.15) is 18.3 Å². The van der Waals surface area contributed by atoms with Crippen molar-refractivity contribution in [2.45, 2.75) is 6.18 Å². The van der Waals surface area contributed by atoms with Crippen molar-refractivity contribution in [2.24, 2.45) is 5.84 Å². The van der Waals surface area contributed by atoms with E-state index >= 15 is 0 Å². The number of hydrogen-bond donors (Lipinski definition) is 2. The Balaban J connectivity index is 2.50. The van der Waals surface area contributed by atoms with E-state index in [-0.39, 0.29) is 17.4 Å². The highest BCUT2D eigenvalue weighted by atomic mass is 19.4. The third-order valence-electron chi connectivity index (χ3n) is 2.22. The number of nitrogens with zero attached hydrogens (tertiary/aromatic N) is 4. The fourth-order valence-corrected chi connectivity index (χ4v) is 1.41. The smallest absolute Gasteiger partial charge is 0.435 e. The molecule has 10 heteroatoms. The monoisotopic (exact) mass is 274 g/mol. The number of ether oxygens (including phenoxy) is 1. The maximum Gasteiger partial charge on any atom is 0.435 e. The first kappa shape index (κ1) is 13.1. The van der Waals surface area contributed by atoms with Crippen LogP contribution in [0.2, 0.25) is 0 Å². The van der Waals surface area contributed by atoms with Crippen LogP contribution in [0.4, 0.5) is 19.0 Å². The van der Waals surface area contributed by atoms with E-state index in [2.05, 4.69) is 20.5 Å². The normalized spacial score (nSPS) is 11.4. The summed E-state index contributed by atoms with van der Waals surface area (Å²) in [6, 6.07) is 0.830. The molecule has 0 aliphatic heterocycles. The van der Waals surface area contributed by atoms with E-state index in [9.17, 15) is 13.2 Å². The van der Waals surface area contributed by atoms with Gasteiger partial charge < -0.3 is 10.2 Å². The van der Waals surface area contributed by atoms with Gasteiger partial charge in [-0.1, -0.05) is 0 Å². The highest BCUT2D eigenvalue weighted by Gasteiger charge is 2.34. The lowest BCUT2D eigenvalue weighted by Gasteiger charge is -2.10. The van der Waals surface area contributed by atoms with Crippen molar-refractivity contribution in [3.05, 3.63) is 24.3 Å². The molecule has 0 saturated heterocycles. The Morgan fingerprint density at radius 2 is 2.11 bits per heavy atom. The molecule has 2 aromatic rings. The minimum absolute atomic E-state index is 0.0425. The minimum Gasteiger partial charge on any atom is -0.490 e. The van der Waals surface area contributed by atoms with Crippen molar-refractivity contribution in [1.29, 1.82) is 0 Å². The van der Waals surface area contributed by atoms with Crippen LogP contribution >= 0.6 is 0 Å². The van der Waals surface area contributed by atoms with Gasteiger partial charge in [0.25, 0.3) is 0 Å². The molecule has 0 saturated carbocycles. The van der Waals surface area contributed by atoms with Gasteiger partial charge in [0.2, 0.25) is 11.6 Å². The number of nitrogens with one attached hydrogen (secondary N) is 1. The largest absolute Gasteiger partial charge is 0.490 e. The van der Waals surface area contributed by atoms with Crippen molar-refractivity contribution in [2.75, 3.05) is 12.5 Å². The van der Waals surface area contributed by atoms with Crippen LogP contribution < -0.4 is 16.0 Å². The number of halogens is 3. The molecule has 0 aliphatic rings. The van der Waals surface area contributed by atoms with Crippen molar-refractivity contribution >= 4 is 5.82 Å². The Morgan fingerprint density at radius 1 is 1.37 bits per heavy atom. The quantitative estimate of drug-likeness (QED) is 0.640. The topological polar surface area (TPSA) is 90.9 Å². The number of nitrogens with two attached hydrogens (primary N) is 1. The van der Waals surface area contributed by atoms with E-state index in [1.807, 2.05) is 0 Å². The number of nitrogen functional groups attached to an aromatic ring is 1. The molecule has 0 amide bonds. The fourth-order valence-electron chi connectivity index (χ4n) is 1.41. The molecule has 0 unspecified atom stereocenters. The second-order valence-corrected chi connectivity index (χ2v) is 3.37. The van der Waals surface area contributed by atoms with Gasteiger partial charge >= 0.3 is 6.18 Å². The van der Waals surface area contributed by atoms with Gasteiger partial charge in [-0.25, -0.2) is 20.5 Å². The third-order valence-corrected chi connectivity index (χ3v) is 2.22. The Labute approximate surface area is 105 Å². The number of rotatable bonds is 3. The third kappa shape index (κ3) is 2.42. The van der Waals surface area contributed by atoms with Crippen LogP contribution in [0.25, 0.3) is 5.82 Å². The average Bonchev–Trinajstić information content (AvgIpc) is 2.86. The maximum atomic E-state index is 12.5. The lowest BCUT2D eigenvalue weighted by atomic mass is 10.4. The molecule has 0 atom stereocenters. The maximum absolute atomic E-state index is 12.5. The average molecular weight is 274 g/mol. The molecule has 0 spiro atoms. The first-order valence-electron chi connectivity index (χ1n) is 4.96. The number of methoxy groups -OCH3 is 1. The number of aromatic nitrogens is 4. The summed E-state index contributed by atoms with van der Waals surface area (Å²) < 4.78 is 43.4. The van der Waals surface area contributed by atoms with Gasteiger partial charge in [-0.15, -0.1) is 0 Å². The number of hydrogen-bond acceptors (Lipinski definition) is 6. The highest BCUT2D eigenvalue weighted by Crippen LogP contribution is 2.30. The summed E-state index contributed by atoms with van der Waals surface area (Å²) in [5, 5.41) is 3.39. The van der Waals surface area contributed by atoms with E-state index in [0.29, 0.717) is 0 Å². The van der Waals surface area contributed by atoms with Crippen LogP contribution in [0, 0.1) is 0 Å². The molecule has 0 fully saturated rings. The zero-order valence-electron chi connectivity index (χ0n) is 9.64. The Hall–Kier alpha value is -2.36. The second kappa shape index (κ2) is 4.72. The van der Waals surface area contributed by atoms with E-state index in [0.717, 1.165) is 23.3 Å². The van der Waals surface area contributed by atoms with Gasteiger partial charge in [-0.3, -0.25) is 0 Å². The standard InChI is InChI=1S/C9H9F3N6O/c1-19-6-7(16-13)14-4-15-8(6)18-3-2-5(17-18)9(10,11)12/h2-4H,13H2,1H3,(H,14,15,16). The van der Waals surface area contributed by atoms with Crippen molar-refractivity contribution < 1.29 is 17.9 Å². The molecule has 19 heavy (non-hydrogen) atoms. The van der Waals surface area contributed by atoms with E-state index < -0.39 is 11.9 Å². The second-order valence-electron chi connectivity index (χ2n) is 3.37. The Morgan fingerprint density at radius 3 is 2.63 bits per heavy atom. The van der Waals surface area contributed by atoms with Gasteiger partial charge in [0.05, 0.1) is 7.11 Å². The molecule has 0 bridgehead atoms. The van der Waals surface area contributed by atoms with Gasteiger partial charge in [0, 0.05) is 6.20 Å². The van der Waals surface area contributed by atoms with Crippen molar-refractivity contribution in [3.63, 3.8) is 0 Å². The van der Waals surface area contributed by atoms with E-state index in [1.165, 1.54) is 7.11 Å². The molecule has 7 nitrogen and oxygen atoms in total. The number of anilines is 1. The zero-order valence-corrected chi connectivity index (χ0v) is 9.64. The van der Waals surface area contributed by atoms with Gasteiger partial charge in [0.1, 0.15) is 6.33 Å². The van der Waals surface area contributed by atoms with E-state index in [1.54, 1.807) is 0 Å². The first-order valence-corrected chi connectivity index (χ1v) is 4.96. The fraction of sp³-hybridized carbons (Fsp3) is 0.222. The molecule has 102 valence electrons. The Bertz CT molecular complexity index is 582. The summed E-state index contributed by atoms with van der Waals surface area (Å²) in [4.78, 5) is 7.60. The van der Waals surface area contributed by atoms with Crippen LogP contribution in [-0.4, -0.2) is 26.9 Å². The Kier molecular flexibility index (Phi) is 3.25. The summed E-state index contributed by atoms with van der Waals surface area (Å²) in [6.45, 7) is 0. The van der Waals surface area contributed by atoms with Crippen LogP contribution in [-0.2, 0) is 6.18 Å². The summed E-state index contributed by atoms with van der Waals surface area (Å²) in [7, 11) is 1.32. The zero-order chi connectivity index (χ0) is 14.0. The lowest BCUT2D eigenvalue weighted by molar-refractivity contribution is -0.141. The molecule has 2 heterocycles. The predicted octanol–water partition coefficient (Wildman–Crippen LogP) is 0.975. The molecular weight excluding hydrogens is 265 g/mol. The molecular formula is C9H9F3N6O.